The highest BCUT2D eigenvalue weighted by molar-refractivity contribution is 5.44. The lowest BCUT2D eigenvalue weighted by atomic mass is 9.88. The molecule has 2 atom stereocenters. The van der Waals surface area contributed by atoms with Crippen LogP contribution in [0, 0.1) is 13.8 Å². The van der Waals surface area contributed by atoms with Gasteiger partial charge in [-0.05, 0) is 36.1 Å². The quantitative estimate of drug-likeness (QED) is 0.906. The van der Waals surface area contributed by atoms with Crippen LogP contribution in [0.15, 0.2) is 42.5 Å². The highest BCUT2D eigenvalue weighted by atomic mass is 16.5. The minimum absolute atomic E-state index is 0.0132. The zero-order chi connectivity index (χ0) is 14.7. The average molecular weight is 269 g/mol. The fraction of sp³-hybridized carbons (Fsp3) is 0.333. The number of hydrogen-bond acceptors (Lipinski definition) is 2. The Morgan fingerprint density at radius 2 is 1.50 bits per heavy atom. The lowest BCUT2D eigenvalue weighted by molar-refractivity contribution is 0.408. The number of methoxy groups -OCH3 is 1. The van der Waals surface area contributed by atoms with Crippen LogP contribution in [0.25, 0.3) is 0 Å². The molecule has 0 fully saturated rings. The van der Waals surface area contributed by atoms with Crippen LogP contribution in [0.5, 0.6) is 5.75 Å². The highest BCUT2D eigenvalue weighted by Gasteiger charge is 2.18. The number of nitrogens with two attached hydrogens (primary N) is 1. The molecule has 0 saturated carbocycles. The molecule has 0 saturated heterocycles. The highest BCUT2D eigenvalue weighted by Crippen LogP contribution is 2.32. The first-order chi connectivity index (χ1) is 9.54. The largest absolute Gasteiger partial charge is 0.496 e. The summed E-state index contributed by atoms with van der Waals surface area (Å²) < 4.78 is 5.41. The van der Waals surface area contributed by atoms with Gasteiger partial charge in [-0.3, -0.25) is 0 Å². The van der Waals surface area contributed by atoms with Crippen molar-refractivity contribution in [1.29, 1.82) is 0 Å². The van der Waals surface area contributed by atoms with Gasteiger partial charge in [-0.1, -0.05) is 49.4 Å². The normalized spacial score (nSPS) is 13.8. The van der Waals surface area contributed by atoms with Crippen LogP contribution in [-0.4, -0.2) is 7.11 Å². The number of hydrogen-bond donors (Lipinski definition) is 1. The standard InChI is InChI=1S/C18H23NO/c1-12-10-16(11-13(2)18(12)20-4)17(19)14(3)15-8-6-5-7-9-15/h5-11,14,17H,19H2,1-4H3. The second-order valence-electron chi connectivity index (χ2n) is 5.41. The number of rotatable bonds is 4. The summed E-state index contributed by atoms with van der Waals surface area (Å²) in [6.07, 6.45) is 0. The van der Waals surface area contributed by atoms with Crippen molar-refractivity contribution < 1.29 is 4.74 Å². The van der Waals surface area contributed by atoms with Crippen LogP contribution in [0.3, 0.4) is 0 Å². The monoisotopic (exact) mass is 269 g/mol. The molecule has 20 heavy (non-hydrogen) atoms. The first-order valence-corrected chi connectivity index (χ1v) is 7.00. The Morgan fingerprint density at radius 3 is 2.00 bits per heavy atom. The van der Waals surface area contributed by atoms with E-state index in [9.17, 15) is 0 Å². The summed E-state index contributed by atoms with van der Waals surface area (Å²) in [5, 5.41) is 0. The predicted octanol–water partition coefficient (Wildman–Crippen LogP) is 4.12. The summed E-state index contributed by atoms with van der Waals surface area (Å²) in [4.78, 5) is 0. The van der Waals surface area contributed by atoms with Crippen LogP contribution in [0.4, 0.5) is 0 Å². The molecule has 2 aromatic rings. The lowest BCUT2D eigenvalue weighted by Gasteiger charge is -2.22. The zero-order valence-corrected chi connectivity index (χ0v) is 12.7. The molecule has 0 amide bonds. The molecule has 2 unspecified atom stereocenters. The van der Waals surface area contributed by atoms with Gasteiger partial charge in [-0.25, -0.2) is 0 Å². The van der Waals surface area contributed by atoms with Crippen LogP contribution >= 0.6 is 0 Å². The fourth-order valence-electron chi connectivity index (χ4n) is 2.75. The second kappa shape index (κ2) is 6.10. The van der Waals surface area contributed by atoms with E-state index in [0.717, 1.165) is 22.4 Å². The first-order valence-electron chi connectivity index (χ1n) is 7.00. The molecule has 0 aromatic heterocycles. The minimum Gasteiger partial charge on any atom is -0.496 e. The molecule has 106 valence electrons. The van der Waals surface area contributed by atoms with Crippen LogP contribution in [0.1, 0.15) is 41.1 Å². The molecule has 2 N–H and O–H groups in total. The number of ether oxygens (including phenoxy) is 1. The lowest BCUT2D eigenvalue weighted by Crippen LogP contribution is -2.18. The SMILES string of the molecule is COc1c(C)cc(C(N)C(C)c2ccccc2)cc1C. The third-order valence-electron chi connectivity index (χ3n) is 3.94. The van der Waals surface area contributed by atoms with Crippen molar-refractivity contribution in [2.24, 2.45) is 5.73 Å². The molecule has 2 rings (SSSR count). The minimum atomic E-state index is -0.0132. The van der Waals surface area contributed by atoms with E-state index in [2.05, 4.69) is 57.2 Å². The van der Waals surface area contributed by atoms with Crippen molar-refractivity contribution >= 4 is 0 Å². The van der Waals surface area contributed by atoms with E-state index in [-0.39, 0.29) is 12.0 Å². The molecule has 2 heteroatoms. The summed E-state index contributed by atoms with van der Waals surface area (Å²) in [7, 11) is 1.71. The summed E-state index contributed by atoms with van der Waals surface area (Å²) in [6.45, 7) is 6.30. The smallest absolute Gasteiger partial charge is 0.124 e. The van der Waals surface area contributed by atoms with Crippen LogP contribution in [0.2, 0.25) is 0 Å². The van der Waals surface area contributed by atoms with Crippen molar-refractivity contribution in [3.05, 3.63) is 64.7 Å². The summed E-state index contributed by atoms with van der Waals surface area (Å²) in [6, 6.07) is 14.7. The van der Waals surface area contributed by atoms with E-state index in [0.29, 0.717) is 0 Å². The van der Waals surface area contributed by atoms with E-state index in [1.165, 1.54) is 5.56 Å². The summed E-state index contributed by atoms with van der Waals surface area (Å²) in [5.41, 5.74) is 11.2. The Bertz CT molecular complexity index is 554. The van der Waals surface area contributed by atoms with Crippen molar-refractivity contribution in [2.45, 2.75) is 32.7 Å². The van der Waals surface area contributed by atoms with Gasteiger partial charge in [0.25, 0.3) is 0 Å². The van der Waals surface area contributed by atoms with Crippen molar-refractivity contribution in [3.63, 3.8) is 0 Å². The van der Waals surface area contributed by atoms with Crippen molar-refractivity contribution in [1.82, 2.24) is 0 Å². The Hall–Kier alpha value is -1.80. The first kappa shape index (κ1) is 14.6. The maximum atomic E-state index is 6.46. The topological polar surface area (TPSA) is 35.2 Å². The van der Waals surface area contributed by atoms with E-state index in [1.807, 2.05) is 6.07 Å². The summed E-state index contributed by atoms with van der Waals surface area (Å²) in [5.74, 6) is 1.23. The molecule has 0 spiro atoms. The maximum Gasteiger partial charge on any atom is 0.124 e. The molecule has 0 bridgehead atoms. The van der Waals surface area contributed by atoms with Gasteiger partial charge in [-0.2, -0.15) is 0 Å². The van der Waals surface area contributed by atoms with Gasteiger partial charge >= 0.3 is 0 Å². The van der Waals surface area contributed by atoms with Crippen LogP contribution < -0.4 is 10.5 Å². The Labute approximate surface area is 121 Å². The molecule has 0 aliphatic heterocycles. The Balaban J connectivity index is 2.32. The van der Waals surface area contributed by atoms with Gasteiger partial charge in [0, 0.05) is 12.0 Å². The van der Waals surface area contributed by atoms with Gasteiger partial charge < -0.3 is 10.5 Å². The van der Waals surface area contributed by atoms with Gasteiger partial charge in [-0.15, -0.1) is 0 Å². The molecule has 0 aliphatic carbocycles. The summed E-state index contributed by atoms with van der Waals surface area (Å²) >= 11 is 0. The Kier molecular flexibility index (Phi) is 4.46. The van der Waals surface area contributed by atoms with Crippen molar-refractivity contribution in [3.8, 4) is 5.75 Å². The molecular weight excluding hydrogens is 246 g/mol. The van der Waals surface area contributed by atoms with Crippen LogP contribution in [-0.2, 0) is 0 Å². The Morgan fingerprint density at radius 1 is 0.950 bits per heavy atom. The third kappa shape index (κ3) is 2.86. The second-order valence-corrected chi connectivity index (χ2v) is 5.41. The molecule has 2 aromatic carbocycles. The fourth-order valence-corrected chi connectivity index (χ4v) is 2.75. The molecule has 2 nitrogen and oxygen atoms in total. The predicted molar refractivity (Wildman–Crippen MR) is 84.3 cm³/mol. The van der Waals surface area contributed by atoms with E-state index in [1.54, 1.807) is 7.11 Å². The average Bonchev–Trinajstić information content (AvgIpc) is 2.46. The van der Waals surface area contributed by atoms with Gasteiger partial charge in [0.15, 0.2) is 0 Å². The molecule has 0 aliphatic rings. The van der Waals surface area contributed by atoms with Gasteiger partial charge in [0.1, 0.15) is 5.75 Å². The van der Waals surface area contributed by atoms with E-state index >= 15 is 0 Å². The van der Waals surface area contributed by atoms with Crippen molar-refractivity contribution in [2.75, 3.05) is 7.11 Å². The van der Waals surface area contributed by atoms with E-state index in [4.69, 9.17) is 10.5 Å². The third-order valence-corrected chi connectivity index (χ3v) is 3.94. The van der Waals surface area contributed by atoms with E-state index < -0.39 is 0 Å². The zero-order valence-electron chi connectivity index (χ0n) is 12.7. The molecule has 0 heterocycles. The maximum absolute atomic E-state index is 6.46. The van der Waals surface area contributed by atoms with Gasteiger partial charge in [0.2, 0.25) is 0 Å². The molecule has 0 radical (unpaired) electrons. The van der Waals surface area contributed by atoms with Gasteiger partial charge in [0.05, 0.1) is 7.11 Å². The number of benzene rings is 2. The number of aryl methyl sites for hydroxylation is 2. The molecular formula is C18H23NO.